The number of nitrogens with zero attached hydrogens (tertiary/aromatic N) is 1. The number of rotatable bonds is 5. The average molecular weight is 481 g/mol. The Balaban J connectivity index is 2.32. The van der Waals surface area contributed by atoms with Crippen LogP contribution in [-0.2, 0) is 30.4 Å². The smallest absolute Gasteiger partial charge is 0.411 e. The van der Waals surface area contributed by atoms with Crippen molar-refractivity contribution in [1.82, 2.24) is 10.2 Å². The quantitative estimate of drug-likeness (QED) is 0.489. The van der Waals surface area contributed by atoms with Crippen LogP contribution in [0.4, 0.5) is 9.18 Å². The standard InChI is InChI=1S/C19H26ClFN2O7S/c1-17(2,3)29-16(25)23-11-19(26,30-31(5,27)28)10-18(23,4)15(24)22-9-12-7-6-8-13(20)14(12)21/h6-8,26H,9-11H2,1-5H3,(H,22,24)/t18-,19-/m0/s1. The van der Waals surface area contributed by atoms with E-state index in [0.29, 0.717) is 0 Å². The highest BCUT2D eigenvalue weighted by Gasteiger charge is 2.59. The first-order valence-electron chi connectivity index (χ1n) is 9.31. The van der Waals surface area contributed by atoms with Gasteiger partial charge in [-0.25, -0.2) is 13.4 Å². The first-order valence-corrected chi connectivity index (χ1v) is 11.5. The number of hydrogen-bond donors (Lipinski definition) is 2. The third kappa shape index (κ3) is 6.28. The van der Waals surface area contributed by atoms with Gasteiger partial charge in [-0.1, -0.05) is 23.7 Å². The van der Waals surface area contributed by atoms with E-state index < -0.39 is 57.8 Å². The minimum atomic E-state index is -4.12. The number of carbonyl (C=O) groups is 2. The van der Waals surface area contributed by atoms with Crippen LogP contribution < -0.4 is 5.32 Å². The van der Waals surface area contributed by atoms with Crippen molar-refractivity contribution in [2.45, 2.75) is 57.6 Å². The van der Waals surface area contributed by atoms with Crippen molar-refractivity contribution in [2.24, 2.45) is 0 Å². The maximum atomic E-state index is 14.1. The van der Waals surface area contributed by atoms with Gasteiger partial charge in [-0.3, -0.25) is 9.69 Å². The number of ether oxygens (including phenoxy) is 1. The third-order valence-corrected chi connectivity index (χ3v) is 5.41. The number of likely N-dealkylation sites (tertiary alicyclic amines) is 1. The van der Waals surface area contributed by atoms with E-state index in [1.165, 1.54) is 25.1 Å². The van der Waals surface area contributed by atoms with Crippen molar-refractivity contribution in [2.75, 3.05) is 12.8 Å². The second kappa shape index (κ2) is 8.53. The summed E-state index contributed by atoms with van der Waals surface area (Å²) in [6.45, 7) is 5.27. The summed E-state index contributed by atoms with van der Waals surface area (Å²) in [5, 5.41) is 13.1. The maximum Gasteiger partial charge on any atom is 0.411 e. The lowest BCUT2D eigenvalue weighted by Gasteiger charge is -2.34. The van der Waals surface area contributed by atoms with Crippen molar-refractivity contribution in [1.29, 1.82) is 0 Å². The molecule has 0 aromatic heterocycles. The number of benzene rings is 1. The van der Waals surface area contributed by atoms with Crippen LogP contribution in [0.2, 0.25) is 5.02 Å². The Morgan fingerprint density at radius 3 is 2.52 bits per heavy atom. The summed E-state index contributed by atoms with van der Waals surface area (Å²) in [4.78, 5) is 26.7. The molecule has 1 aliphatic rings. The minimum absolute atomic E-state index is 0.105. The zero-order valence-corrected chi connectivity index (χ0v) is 19.4. The van der Waals surface area contributed by atoms with Gasteiger partial charge in [0.1, 0.15) is 17.0 Å². The lowest BCUT2D eigenvalue weighted by Crippen LogP contribution is -2.56. The van der Waals surface area contributed by atoms with E-state index in [0.717, 1.165) is 11.2 Å². The van der Waals surface area contributed by atoms with Gasteiger partial charge >= 0.3 is 6.09 Å². The van der Waals surface area contributed by atoms with Crippen molar-refractivity contribution in [3.8, 4) is 0 Å². The van der Waals surface area contributed by atoms with Gasteiger partial charge in [0.15, 0.2) is 0 Å². The van der Waals surface area contributed by atoms with Gasteiger partial charge in [0.2, 0.25) is 11.7 Å². The van der Waals surface area contributed by atoms with Crippen molar-refractivity contribution in [3.05, 3.63) is 34.6 Å². The lowest BCUT2D eigenvalue weighted by molar-refractivity contribution is -0.135. The Hall–Kier alpha value is -1.95. The van der Waals surface area contributed by atoms with Gasteiger partial charge < -0.3 is 15.2 Å². The Labute approximate surface area is 185 Å². The van der Waals surface area contributed by atoms with Crippen LogP contribution in [0.15, 0.2) is 18.2 Å². The van der Waals surface area contributed by atoms with E-state index in [4.69, 9.17) is 20.5 Å². The number of carbonyl (C=O) groups excluding carboxylic acids is 2. The molecule has 0 unspecified atom stereocenters. The molecule has 2 rings (SSSR count). The molecule has 31 heavy (non-hydrogen) atoms. The second-order valence-corrected chi connectivity index (χ2v) is 10.6. The van der Waals surface area contributed by atoms with Crippen molar-refractivity contribution in [3.63, 3.8) is 0 Å². The van der Waals surface area contributed by atoms with E-state index in [-0.39, 0.29) is 17.1 Å². The first kappa shape index (κ1) is 25.3. The summed E-state index contributed by atoms with van der Waals surface area (Å²) in [5.41, 5.74) is -2.57. The number of hydrogen-bond acceptors (Lipinski definition) is 7. The average Bonchev–Trinajstić information content (AvgIpc) is 2.84. The van der Waals surface area contributed by atoms with Gasteiger partial charge in [-0.05, 0) is 33.8 Å². The fourth-order valence-electron chi connectivity index (χ4n) is 3.29. The molecular weight excluding hydrogens is 455 g/mol. The molecule has 1 saturated heterocycles. The van der Waals surface area contributed by atoms with Crippen LogP contribution in [0.5, 0.6) is 0 Å². The van der Waals surface area contributed by atoms with E-state index >= 15 is 0 Å². The Morgan fingerprint density at radius 2 is 1.97 bits per heavy atom. The number of aliphatic hydroxyl groups is 1. The molecule has 9 nitrogen and oxygen atoms in total. The molecule has 0 radical (unpaired) electrons. The zero-order valence-electron chi connectivity index (χ0n) is 17.9. The molecule has 0 aliphatic carbocycles. The fourth-order valence-corrected chi connectivity index (χ4v) is 4.15. The fraction of sp³-hybridized carbons (Fsp3) is 0.579. The van der Waals surface area contributed by atoms with Crippen LogP contribution in [0, 0.1) is 5.82 Å². The van der Waals surface area contributed by atoms with E-state index in [1.807, 2.05) is 0 Å². The van der Waals surface area contributed by atoms with Gasteiger partial charge in [0.05, 0.1) is 17.8 Å². The molecule has 1 aliphatic heterocycles. The Morgan fingerprint density at radius 1 is 1.35 bits per heavy atom. The largest absolute Gasteiger partial charge is 0.444 e. The Kier molecular flexibility index (Phi) is 6.97. The van der Waals surface area contributed by atoms with Crippen LogP contribution in [-0.4, -0.2) is 60.2 Å². The van der Waals surface area contributed by atoms with Gasteiger partial charge in [-0.2, -0.15) is 8.42 Å². The first-order chi connectivity index (χ1) is 14.0. The number of β-amino-alcohol motifs (C(OH)–C–C–N with tert-alkyl or cyclic N) is 1. The lowest BCUT2D eigenvalue weighted by atomic mass is 9.95. The number of halogens is 2. The monoisotopic (exact) mass is 480 g/mol. The highest BCUT2D eigenvalue weighted by atomic mass is 35.5. The van der Waals surface area contributed by atoms with Crippen LogP contribution in [0.3, 0.4) is 0 Å². The summed E-state index contributed by atoms with van der Waals surface area (Å²) in [5.74, 6) is -3.83. The zero-order chi connectivity index (χ0) is 23.8. The molecule has 0 spiro atoms. The van der Waals surface area contributed by atoms with Crippen LogP contribution in [0.25, 0.3) is 0 Å². The van der Waals surface area contributed by atoms with Gasteiger partial charge in [0.25, 0.3) is 10.1 Å². The van der Waals surface area contributed by atoms with Crippen molar-refractivity contribution >= 4 is 33.7 Å². The van der Waals surface area contributed by atoms with Crippen molar-refractivity contribution < 1.29 is 36.4 Å². The summed E-state index contributed by atoms with van der Waals surface area (Å²) in [6.07, 6.45) is -0.775. The molecule has 2 atom stereocenters. The summed E-state index contributed by atoms with van der Waals surface area (Å²) in [6, 6.07) is 4.29. The van der Waals surface area contributed by atoms with Gasteiger partial charge in [0, 0.05) is 18.5 Å². The minimum Gasteiger partial charge on any atom is -0.444 e. The van der Waals surface area contributed by atoms with E-state index in [1.54, 1.807) is 20.8 Å². The molecule has 1 aromatic rings. The predicted octanol–water partition coefficient (Wildman–Crippen LogP) is 2.16. The molecule has 0 bridgehead atoms. The number of nitrogens with one attached hydrogen (secondary N) is 1. The molecule has 1 aromatic carbocycles. The topological polar surface area (TPSA) is 122 Å². The van der Waals surface area contributed by atoms with E-state index in [2.05, 4.69) is 5.32 Å². The van der Waals surface area contributed by atoms with E-state index in [9.17, 15) is 27.5 Å². The predicted molar refractivity (Wildman–Crippen MR) is 110 cm³/mol. The number of amides is 2. The SMILES string of the molecule is CC(C)(C)OC(=O)N1C[C@@](O)(OS(C)(=O)=O)C[C@@]1(C)C(=O)NCc1cccc(Cl)c1F. The molecule has 0 saturated carbocycles. The second-order valence-electron chi connectivity index (χ2n) is 8.65. The molecule has 2 amide bonds. The molecule has 174 valence electrons. The molecule has 1 fully saturated rings. The summed E-state index contributed by atoms with van der Waals surface area (Å²) in [7, 11) is -4.12. The van der Waals surface area contributed by atoms with Crippen LogP contribution >= 0.6 is 11.6 Å². The summed E-state index contributed by atoms with van der Waals surface area (Å²) >= 11 is 5.75. The molecule has 12 heteroatoms. The highest BCUT2D eigenvalue weighted by Crippen LogP contribution is 2.39. The molecule has 1 heterocycles. The summed E-state index contributed by atoms with van der Waals surface area (Å²) < 4.78 is 47.4. The maximum absolute atomic E-state index is 14.1. The van der Waals surface area contributed by atoms with Gasteiger partial charge in [-0.15, -0.1) is 0 Å². The third-order valence-electron chi connectivity index (χ3n) is 4.50. The molecular formula is C19H26ClFN2O7S. The Bertz CT molecular complexity index is 982. The van der Waals surface area contributed by atoms with Crippen LogP contribution in [0.1, 0.15) is 39.7 Å². The normalized spacial score (nSPS) is 24.2. The highest BCUT2D eigenvalue weighted by molar-refractivity contribution is 7.86. The molecule has 2 N–H and O–H groups in total.